The molecule has 2 aromatic carbocycles. The van der Waals surface area contributed by atoms with Crippen molar-refractivity contribution in [3.63, 3.8) is 0 Å². The van der Waals surface area contributed by atoms with Crippen molar-refractivity contribution in [1.82, 2.24) is 30.0 Å². The number of rotatable bonds is 8. The summed E-state index contributed by atoms with van der Waals surface area (Å²) in [6.07, 6.45) is 5.87. The number of aromatic nitrogens is 4. The maximum Gasteiger partial charge on any atom is 0.190 e. The summed E-state index contributed by atoms with van der Waals surface area (Å²) in [7, 11) is 1.80. The van der Waals surface area contributed by atoms with Crippen LogP contribution in [0.3, 0.4) is 0 Å². The predicted octanol–water partition coefficient (Wildman–Crippen LogP) is 3.33. The molecule has 0 unspecified atom stereocenters. The highest BCUT2D eigenvalue weighted by Gasteiger charge is 2.06. The van der Waals surface area contributed by atoms with E-state index >= 15 is 0 Å². The standard InChI is InChI=1S/C24H29N7/c1-19-29-22-11-6-7-12-23(22)30(19)16-8-14-26-24(25-2)27-15-13-20-17-28-31(18-20)21-9-4-3-5-10-21/h3-7,9-12,17-18H,8,13-16H2,1-2H3,(H2,25,26,27). The van der Waals surface area contributed by atoms with Crippen LogP contribution in [0.5, 0.6) is 0 Å². The first-order chi connectivity index (χ1) is 15.2. The first kappa shape index (κ1) is 20.7. The second-order valence-electron chi connectivity index (χ2n) is 7.46. The molecule has 2 aromatic heterocycles. The topological polar surface area (TPSA) is 72.1 Å². The van der Waals surface area contributed by atoms with Gasteiger partial charge in [0.2, 0.25) is 0 Å². The van der Waals surface area contributed by atoms with Gasteiger partial charge in [-0.2, -0.15) is 5.10 Å². The fourth-order valence-corrected chi connectivity index (χ4v) is 3.68. The highest BCUT2D eigenvalue weighted by molar-refractivity contribution is 5.79. The molecule has 0 aliphatic heterocycles. The molecule has 0 radical (unpaired) electrons. The molecule has 0 amide bonds. The van der Waals surface area contributed by atoms with Crippen LogP contribution in [0, 0.1) is 6.92 Å². The zero-order chi connectivity index (χ0) is 21.5. The van der Waals surface area contributed by atoms with Gasteiger partial charge in [-0.3, -0.25) is 4.99 Å². The van der Waals surface area contributed by atoms with Crippen molar-refractivity contribution in [3.05, 3.63) is 78.4 Å². The lowest BCUT2D eigenvalue weighted by molar-refractivity contribution is 0.624. The lowest BCUT2D eigenvalue weighted by Gasteiger charge is -2.12. The average Bonchev–Trinajstić information content (AvgIpc) is 3.40. The molecule has 2 N–H and O–H groups in total. The van der Waals surface area contributed by atoms with Gasteiger partial charge in [0.15, 0.2) is 5.96 Å². The number of hydrogen-bond donors (Lipinski definition) is 2. The van der Waals surface area contributed by atoms with Crippen molar-refractivity contribution < 1.29 is 0 Å². The maximum absolute atomic E-state index is 4.63. The number of aryl methyl sites for hydroxylation is 2. The van der Waals surface area contributed by atoms with E-state index in [9.17, 15) is 0 Å². The maximum atomic E-state index is 4.63. The third-order valence-electron chi connectivity index (χ3n) is 5.28. The largest absolute Gasteiger partial charge is 0.356 e. The molecule has 0 atom stereocenters. The summed E-state index contributed by atoms with van der Waals surface area (Å²) < 4.78 is 4.18. The van der Waals surface area contributed by atoms with Crippen LogP contribution >= 0.6 is 0 Å². The van der Waals surface area contributed by atoms with Crippen molar-refractivity contribution in [3.8, 4) is 5.69 Å². The van der Waals surface area contributed by atoms with Crippen LogP contribution in [-0.2, 0) is 13.0 Å². The van der Waals surface area contributed by atoms with Gasteiger partial charge in [0, 0.05) is 32.9 Å². The van der Waals surface area contributed by atoms with Gasteiger partial charge in [-0.25, -0.2) is 9.67 Å². The van der Waals surface area contributed by atoms with Crippen molar-refractivity contribution in [2.24, 2.45) is 4.99 Å². The van der Waals surface area contributed by atoms with Crippen LogP contribution < -0.4 is 10.6 Å². The minimum absolute atomic E-state index is 0.797. The van der Waals surface area contributed by atoms with E-state index in [1.807, 2.05) is 35.1 Å². The number of imidazole rings is 1. The Morgan fingerprint density at radius 2 is 1.77 bits per heavy atom. The third-order valence-corrected chi connectivity index (χ3v) is 5.28. The lowest BCUT2D eigenvalue weighted by atomic mass is 10.2. The van der Waals surface area contributed by atoms with Gasteiger partial charge in [0.25, 0.3) is 0 Å². The Morgan fingerprint density at radius 3 is 2.61 bits per heavy atom. The molecule has 31 heavy (non-hydrogen) atoms. The molecule has 0 aliphatic carbocycles. The zero-order valence-electron chi connectivity index (χ0n) is 18.1. The molecule has 7 nitrogen and oxygen atoms in total. The summed E-state index contributed by atoms with van der Waals surface area (Å²) in [5.41, 5.74) is 4.51. The summed E-state index contributed by atoms with van der Waals surface area (Å²) in [5.74, 6) is 1.88. The van der Waals surface area contributed by atoms with E-state index in [0.717, 1.165) is 55.5 Å². The SMILES string of the molecule is CN=C(NCCCn1c(C)nc2ccccc21)NCCc1cnn(-c2ccccc2)c1. The number of nitrogens with zero attached hydrogens (tertiary/aromatic N) is 5. The zero-order valence-corrected chi connectivity index (χ0v) is 18.1. The Morgan fingerprint density at radius 1 is 1.00 bits per heavy atom. The molecule has 2 heterocycles. The lowest BCUT2D eigenvalue weighted by Crippen LogP contribution is -2.39. The fraction of sp³-hybridized carbons (Fsp3) is 0.292. The third kappa shape index (κ3) is 5.12. The smallest absolute Gasteiger partial charge is 0.190 e. The molecule has 4 rings (SSSR count). The summed E-state index contributed by atoms with van der Waals surface area (Å²) in [6, 6.07) is 18.4. The minimum atomic E-state index is 0.797. The second kappa shape index (κ2) is 9.93. The Labute approximate surface area is 182 Å². The first-order valence-corrected chi connectivity index (χ1v) is 10.7. The van der Waals surface area contributed by atoms with Crippen LogP contribution in [0.4, 0.5) is 0 Å². The molecule has 0 saturated heterocycles. The Balaban J connectivity index is 1.21. The second-order valence-corrected chi connectivity index (χ2v) is 7.46. The normalized spacial score (nSPS) is 11.7. The summed E-state index contributed by atoms with van der Waals surface area (Å²) in [5, 5.41) is 11.2. The average molecular weight is 416 g/mol. The molecular formula is C24H29N7. The van der Waals surface area contributed by atoms with E-state index in [2.05, 4.69) is 73.7 Å². The van der Waals surface area contributed by atoms with Gasteiger partial charge in [0.1, 0.15) is 5.82 Å². The van der Waals surface area contributed by atoms with E-state index in [1.165, 1.54) is 11.1 Å². The van der Waals surface area contributed by atoms with Gasteiger partial charge < -0.3 is 15.2 Å². The van der Waals surface area contributed by atoms with E-state index in [0.29, 0.717) is 0 Å². The number of guanidine groups is 1. The molecule has 4 aromatic rings. The van der Waals surface area contributed by atoms with E-state index in [-0.39, 0.29) is 0 Å². The Hall–Kier alpha value is -3.61. The molecule has 160 valence electrons. The highest BCUT2D eigenvalue weighted by atomic mass is 15.3. The van der Waals surface area contributed by atoms with Gasteiger partial charge >= 0.3 is 0 Å². The van der Waals surface area contributed by atoms with Crippen LogP contribution in [0.25, 0.3) is 16.7 Å². The van der Waals surface area contributed by atoms with Crippen LogP contribution in [0.15, 0.2) is 72.0 Å². The van der Waals surface area contributed by atoms with Crippen LogP contribution in [0.2, 0.25) is 0 Å². The number of fused-ring (bicyclic) bond motifs is 1. The van der Waals surface area contributed by atoms with Gasteiger partial charge in [0.05, 0.1) is 22.9 Å². The molecular weight excluding hydrogens is 386 g/mol. The van der Waals surface area contributed by atoms with Crippen LogP contribution in [-0.4, -0.2) is 45.4 Å². The Bertz CT molecular complexity index is 1140. The van der Waals surface area contributed by atoms with Crippen molar-refractivity contribution >= 4 is 17.0 Å². The number of nitrogens with one attached hydrogen (secondary N) is 2. The van der Waals surface area contributed by atoms with E-state index in [4.69, 9.17) is 0 Å². The summed E-state index contributed by atoms with van der Waals surface area (Å²) in [6.45, 7) is 4.63. The molecule has 0 saturated carbocycles. The fourth-order valence-electron chi connectivity index (χ4n) is 3.68. The number of benzene rings is 2. The molecule has 0 aliphatic rings. The number of para-hydroxylation sites is 3. The summed E-state index contributed by atoms with van der Waals surface area (Å²) in [4.78, 5) is 8.96. The van der Waals surface area contributed by atoms with Crippen molar-refractivity contribution in [2.75, 3.05) is 20.1 Å². The van der Waals surface area contributed by atoms with Crippen molar-refractivity contribution in [1.29, 1.82) is 0 Å². The predicted molar refractivity (Wildman–Crippen MR) is 126 cm³/mol. The van der Waals surface area contributed by atoms with E-state index in [1.54, 1.807) is 7.05 Å². The minimum Gasteiger partial charge on any atom is -0.356 e. The van der Waals surface area contributed by atoms with Gasteiger partial charge in [-0.1, -0.05) is 30.3 Å². The summed E-state index contributed by atoms with van der Waals surface area (Å²) >= 11 is 0. The van der Waals surface area contributed by atoms with Gasteiger partial charge in [-0.15, -0.1) is 0 Å². The van der Waals surface area contributed by atoms with Crippen molar-refractivity contribution in [2.45, 2.75) is 26.3 Å². The number of aliphatic imine (C=N–C) groups is 1. The molecule has 0 fully saturated rings. The molecule has 0 bridgehead atoms. The number of hydrogen-bond acceptors (Lipinski definition) is 3. The quantitative estimate of drug-likeness (QED) is 0.263. The van der Waals surface area contributed by atoms with Crippen LogP contribution in [0.1, 0.15) is 17.8 Å². The first-order valence-electron chi connectivity index (χ1n) is 10.7. The monoisotopic (exact) mass is 415 g/mol. The molecule has 7 heteroatoms. The highest BCUT2D eigenvalue weighted by Crippen LogP contribution is 2.15. The Kier molecular flexibility index (Phi) is 6.62. The van der Waals surface area contributed by atoms with Gasteiger partial charge in [-0.05, 0) is 49.6 Å². The van der Waals surface area contributed by atoms with E-state index < -0.39 is 0 Å². The molecule has 0 spiro atoms.